The molecule has 0 radical (unpaired) electrons. The molecular formula is C31H32ClN3O5. The molecule has 1 amide bonds. The molecule has 0 spiro atoms. The first-order chi connectivity index (χ1) is 19.0. The van der Waals surface area contributed by atoms with Gasteiger partial charge in [-0.1, -0.05) is 13.0 Å². The highest BCUT2D eigenvalue weighted by Gasteiger charge is 2.20. The quantitative estimate of drug-likeness (QED) is 0.242. The Morgan fingerprint density at radius 1 is 1.10 bits per heavy atom. The molecule has 208 valence electrons. The molecule has 1 saturated heterocycles. The SMILES string of the molecule is CCCN(C)C(=O)c1ccc(-c2cc3nccc(-c4ccc(OC5CCOCC5)c(C#N)c4)c3o2)c(OC)c1.Cl. The zero-order chi connectivity index (χ0) is 27.4. The van der Waals surface area contributed by atoms with Gasteiger partial charge in [-0.25, -0.2) is 0 Å². The molecule has 8 nitrogen and oxygen atoms in total. The number of ether oxygens (including phenoxy) is 3. The van der Waals surface area contributed by atoms with Gasteiger partial charge in [-0.05, 0) is 48.4 Å². The van der Waals surface area contributed by atoms with Crippen LogP contribution in [0.25, 0.3) is 33.6 Å². The van der Waals surface area contributed by atoms with Gasteiger partial charge in [-0.15, -0.1) is 12.4 Å². The number of aromatic nitrogens is 1. The number of carbonyl (C=O) groups excluding carboxylic acids is 1. The second kappa shape index (κ2) is 12.9. The van der Waals surface area contributed by atoms with Crippen molar-refractivity contribution >= 4 is 29.4 Å². The Hall–Kier alpha value is -4.06. The molecule has 0 aliphatic carbocycles. The molecule has 2 aromatic heterocycles. The van der Waals surface area contributed by atoms with Crippen LogP contribution in [0.5, 0.6) is 11.5 Å². The lowest BCUT2D eigenvalue weighted by molar-refractivity contribution is 0.0254. The molecule has 1 aliphatic heterocycles. The monoisotopic (exact) mass is 561 g/mol. The number of amides is 1. The minimum atomic E-state index is -0.0622. The van der Waals surface area contributed by atoms with Gasteiger partial charge >= 0.3 is 0 Å². The fraction of sp³-hybridized carbons (Fsp3) is 0.323. The van der Waals surface area contributed by atoms with Crippen molar-refractivity contribution in [1.82, 2.24) is 9.88 Å². The van der Waals surface area contributed by atoms with Gasteiger partial charge in [0.2, 0.25) is 0 Å². The van der Waals surface area contributed by atoms with Gasteiger partial charge in [0.25, 0.3) is 5.91 Å². The number of nitriles is 1. The number of benzene rings is 2. The second-order valence-electron chi connectivity index (χ2n) is 9.58. The van der Waals surface area contributed by atoms with E-state index in [0.29, 0.717) is 64.8 Å². The Morgan fingerprint density at radius 2 is 1.90 bits per heavy atom. The first kappa shape index (κ1) is 28.9. The van der Waals surface area contributed by atoms with Crippen LogP contribution in [0, 0.1) is 11.3 Å². The number of nitrogens with zero attached hydrogens (tertiary/aromatic N) is 3. The van der Waals surface area contributed by atoms with E-state index in [-0.39, 0.29) is 24.4 Å². The van der Waals surface area contributed by atoms with Crippen LogP contribution in [-0.2, 0) is 4.74 Å². The summed E-state index contributed by atoms with van der Waals surface area (Å²) in [5.74, 6) is 1.62. The second-order valence-corrected chi connectivity index (χ2v) is 9.58. The molecule has 5 rings (SSSR count). The number of rotatable bonds is 8. The lowest BCUT2D eigenvalue weighted by Gasteiger charge is -2.23. The summed E-state index contributed by atoms with van der Waals surface area (Å²) in [5.41, 5.74) is 4.64. The van der Waals surface area contributed by atoms with Crippen molar-refractivity contribution in [3.8, 4) is 40.0 Å². The standard InChI is InChI=1S/C31H31N3O5.ClH/c1-4-13-34(2)31(35)21-5-7-25(28(17-21)36-3)29-18-26-30(39-29)24(9-12-33-26)20-6-8-27(22(16-20)19-32)38-23-10-14-37-15-11-23;/h5-9,12,16-18,23H,4,10-11,13-15H2,1-3H3;1H. The van der Waals surface area contributed by atoms with Gasteiger partial charge in [0.05, 0.1) is 31.5 Å². The van der Waals surface area contributed by atoms with Crippen molar-refractivity contribution in [2.45, 2.75) is 32.3 Å². The van der Waals surface area contributed by atoms with Crippen LogP contribution >= 0.6 is 12.4 Å². The lowest BCUT2D eigenvalue weighted by atomic mass is 10.0. The maximum absolute atomic E-state index is 12.8. The highest BCUT2D eigenvalue weighted by atomic mass is 35.5. The minimum Gasteiger partial charge on any atom is -0.496 e. The third kappa shape index (κ3) is 5.91. The fourth-order valence-corrected chi connectivity index (χ4v) is 4.84. The maximum Gasteiger partial charge on any atom is 0.253 e. The van der Waals surface area contributed by atoms with E-state index < -0.39 is 0 Å². The van der Waals surface area contributed by atoms with Gasteiger partial charge in [0.15, 0.2) is 5.58 Å². The van der Waals surface area contributed by atoms with Crippen molar-refractivity contribution in [2.75, 3.05) is 33.9 Å². The lowest BCUT2D eigenvalue weighted by Crippen LogP contribution is -2.27. The minimum absolute atomic E-state index is 0. The zero-order valence-electron chi connectivity index (χ0n) is 22.8. The average Bonchev–Trinajstić information content (AvgIpc) is 3.42. The number of furan rings is 1. The van der Waals surface area contributed by atoms with Gasteiger partial charge < -0.3 is 23.5 Å². The Morgan fingerprint density at radius 3 is 2.62 bits per heavy atom. The number of hydrogen-bond donors (Lipinski definition) is 0. The van der Waals surface area contributed by atoms with E-state index in [2.05, 4.69) is 11.1 Å². The van der Waals surface area contributed by atoms with E-state index in [0.717, 1.165) is 30.4 Å². The van der Waals surface area contributed by atoms with E-state index in [1.165, 1.54) is 0 Å². The molecule has 1 aliphatic rings. The van der Waals surface area contributed by atoms with Crippen molar-refractivity contribution in [1.29, 1.82) is 5.26 Å². The van der Waals surface area contributed by atoms with Gasteiger partial charge in [0.1, 0.15) is 34.9 Å². The van der Waals surface area contributed by atoms with Gasteiger partial charge in [0, 0.05) is 49.8 Å². The highest BCUT2D eigenvalue weighted by Crippen LogP contribution is 2.38. The predicted molar refractivity (Wildman–Crippen MR) is 155 cm³/mol. The Balaban J connectivity index is 0.00000370. The highest BCUT2D eigenvalue weighted by molar-refractivity contribution is 5.96. The maximum atomic E-state index is 12.8. The molecule has 0 bridgehead atoms. The number of carbonyl (C=O) groups is 1. The van der Waals surface area contributed by atoms with Crippen LogP contribution in [0.3, 0.4) is 0 Å². The molecule has 0 unspecified atom stereocenters. The predicted octanol–water partition coefficient (Wildman–Crippen LogP) is 6.50. The van der Waals surface area contributed by atoms with Crippen molar-refractivity contribution in [2.24, 2.45) is 0 Å². The molecule has 3 heterocycles. The van der Waals surface area contributed by atoms with Crippen LogP contribution in [0.4, 0.5) is 0 Å². The largest absolute Gasteiger partial charge is 0.496 e. The normalized spacial score (nSPS) is 13.3. The first-order valence-corrected chi connectivity index (χ1v) is 13.1. The molecule has 4 aromatic rings. The van der Waals surface area contributed by atoms with E-state index in [4.69, 9.17) is 18.6 Å². The first-order valence-electron chi connectivity index (χ1n) is 13.1. The smallest absolute Gasteiger partial charge is 0.253 e. The van der Waals surface area contributed by atoms with E-state index >= 15 is 0 Å². The fourth-order valence-electron chi connectivity index (χ4n) is 4.84. The molecular weight excluding hydrogens is 530 g/mol. The zero-order valence-corrected chi connectivity index (χ0v) is 23.6. The molecule has 0 N–H and O–H groups in total. The van der Waals surface area contributed by atoms with Crippen LogP contribution in [0.2, 0.25) is 0 Å². The Bertz CT molecular complexity index is 1540. The van der Waals surface area contributed by atoms with Gasteiger partial charge in [-0.2, -0.15) is 5.26 Å². The molecule has 9 heteroatoms. The van der Waals surface area contributed by atoms with Crippen LogP contribution in [0.15, 0.2) is 59.1 Å². The molecule has 40 heavy (non-hydrogen) atoms. The van der Waals surface area contributed by atoms with Crippen molar-refractivity contribution in [3.63, 3.8) is 0 Å². The van der Waals surface area contributed by atoms with E-state index in [9.17, 15) is 10.1 Å². The summed E-state index contributed by atoms with van der Waals surface area (Å²) in [6.45, 7) is 4.05. The van der Waals surface area contributed by atoms with E-state index in [1.807, 2.05) is 43.3 Å². The number of hydrogen-bond acceptors (Lipinski definition) is 7. The summed E-state index contributed by atoms with van der Waals surface area (Å²) in [4.78, 5) is 19.0. The number of methoxy groups -OCH3 is 1. The summed E-state index contributed by atoms with van der Waals surface area (Å²) >= 11 is 0. The summed E-state index contributed by atoms with van der Waals surface area (Å²) in [6.07, 6.45) is 4.26. The number of fused-ring (bicyclic) bond motifs is 1. The molecule has 2 aromatic carbocycles. The Kier molecular flexibility index (Phi) is 9.30. The van der Waals surface area contributed by atoms with Crippen LogP contribution in [-0.4, -0.2) is 55.8 Å². The average molecular weight is 562 g/mol. The Labute approximate surface area is 239 Å². The summed E-state index contributed by atoms with van der Waals surface area (Å²) < 4.78 is 23.5. The van der Waals surface area contributed by atoms with Crippen molar-refractivity contribution in [3.05, 3.63) is 65.9 Å². The third-order valence-electron chi connectivity index (χ3n) is 6.90. The van der Waals surface area contributed by atoms with E-state index in [1.54, 1.807) is 37.4 Å². The summed E-state index contributed by atoms with van der Waals surface area (Å²) in [7, 11) is 3.36. The number of pyridine rings is 1. The van der Waals surface area contributed by atoms with Crippen molar-refractivity contribution < 1.29 is 23.4 Å². The number of halogens is 1. The molecule has 0 atom stereocenters. The summed E-state index contributed by atoms with van der Waals surface area (Å²) in [5, 5.41) is 9.84. The summed E-state index contributed by atoms with van der Waals surface area (Å²) in [6, 6.07) is 16.9. The molecule has 1 fully saturated rings. The topological polar surface area (TPSA) is 97.8 Å². The van der Waals surface area contributed by atoms with Crippen LogP contribution < -0.4 is 9.47 Å². The van der Waals surface area contributed by atoms with Crippen LogP contribution in [0.1, 0.15) is 42.1 Å². The molecule has 0 saturated carbocycles. The third-order valence-corrected chi connectivity index (χ3v) is 6.90. The van der Waals surface area contributed by atoms with Gasteiger partial charge in [-0.3, -0.25) is 9.78 Å².